The first-order chi connectivity index (χ1) is 25.0. The molecule has 0 saturated heterocycles. The summed E-state index contributed by atoms with van der Waals surface area (Å²) in [6.45, 7) is 9.43. The second-order valence-corrected chi connectivity index (χ2v) is 15.7. The fraction of sp³-hybridized carbons (Fsp3) is 0.320. The van der Waals surface area contributed by atoms with Gasteiger partial charge < -0.3 is 4.90 Å². The largest absolute Gasteiger partial charge is 0.310 e. The molecule has 0 bridgehead atoms. The zero-order chi connectivity index (χ0) is 35.0. The first kappa shape index (κ1) is 33.5. The van der Waals surface area contributed by atoms with Crippen molar-refractivity contribution in [1.29, 1.82) is 0 Å². The Labute approximate surface area is 306 Å². The van der Waals surface area contributed by atoms with E-state index in [0.29, 0.717) is 0 Å². The highest BCUT2D eigenvalue weighted by Crippen LogP contribution is 2.56. The van der Waals surface area contributed by atoms with E-state index in [1.807, 2.05) is 0 Å². The van der Waals surface area contributed by atoms with E-state index in [1.54, 1.807) is 5.56 Å². The minimum absolute atomic E-state index is 0.0493. The molecule has 6 aromatic carbocycles. The molecule has 0 unspecified atom stereocenters. The number of unbranched alkanes of at least 4 members (excludes halogenated alkanes) is 6. The normalized spacial score (nSPS) is 14.6. The van der Waals surface area contributed by atoms with E-state index in [9.17, 15) is 0 Å². The molecule has 1 nitrogen and oxygen atoms in total. The van der Waals surface area contributed by atoms with E-state index < -0.39 is 0 Å². The number of para-hydroxylation sites is 1. The van der Waals surface area contributed by atoms with Crippen molar-refractivity contribution < 1.29 is 0 Å². The highest BCUT2D eigenvalue weighted by Gasteiger charge is 2.43. The van der Waals surface area contributed by atoms with Crippen LogP contribution in [0.15, 0.2) is 127 Å². The van der Waals surface area contributed by atoms with Gasteiger partial charge in [-0.25, -0.2) is 0 Å². The van der Waals surface area contributed by atoms with Crippen LogP contribution in [-0.4, -0.2) is 0 Å². The molecule has 2 aliphatic carbocycles. The summed E-state index contributed by atoms with van der Waals surface area (Å²) < 4.78 is 0. The topological polar surface area (TPSA) is 3.24 Å². The van der Waals surface area contributed by atoms with Crippen LogP contribution in [0.1, 0.15) is 114 Å². The second-order valence-electron chi connectivity index (χ2n) is 15.7. The Hall–Kier alpha value is -4.62. The van der Waals surface area contributed by atoms with E-state index in [2.05, 4.69) is 160 Å². The van der Waals surface area contributed by atoms with E-state index in [0.717, 1.165) is 0 Å². The predicted octanol–water partition coefficient (Wildman–Crippen LogP) is 14.8. The first-order valence-corrected chi connectivity index (χ1v) is 19.7. The van der Waals surface area contributed by atoms with Gasteiger partial charge in [0.2, 0.25) is 0 Å². The maximum atomic E-state index is 2.58. The summed E-state index contributed by atoms with van der Waals surface area (Å²) in [6, 6.07) is 48.7. The molecule has 6 aromatic rings. The van der Waals surface area contributed by atoms with Crippen LogP contribution in [-0.2, 0) is 10.8 Å². The summed E-state index contributed by atoms with van der Waals surface area (Å²) in [7, 11) is 0. The van der Waals surface area contributed by atoms with Gasteiger partial charge in [0.25, 0.3) is 0 Å². The number of fused-ring (bicyclic) bond motifs is 7. The maximum absolute atomic E-state index is 2.58. The Morgan fingerprint density at radius 2 is 1.00 bits per heavy atom. The van der Waals surface area contributed by atoms with Gasteiger partial charge in [0.15, 0.2) is 0 Å². The molecular formula is C50H53N. The Balaban J connectivity index is 1.28. The number of hydrogen-bond donors (Lipinski definition) is 0. The van der Waals surface area contributed by atoms with Crippen LogP contribution in [0, 0.1) is 0 Å². The quantitative estimate of drug-likeness (QED) is 0.111. The van der Waals surface area contributed by atoms with Crippen LogP contribution < -0.4 is 4.90 Å². The molecule has 0 fully saturated rings. The average molecular weight is 668 g/mol. The molecule has 0 atom stereocenters. The van der Waals surface area contributed by atoms with Crippen molar-refractivity contribution in [2.24, 2.45) is 0 Å². The van der Waals surface area contributed by atoms with Crippen molar-refractivity contribution in [2.75, 3.05) is 4.90 Å². The average Bonchev–Trinajstić information content (AvgIpc) is 3.55. The highest BCUT2D eigenvalue weighted by atomic mass is 15.1. The third-order valence-corrected chi connectivity index (χ3v) is 12.2. The molecule has 0 spiro atoms. The Bertz CT molecular complexity index is 2160. The van der Waals surface area contributed by atoms with Crippen LogP contribution in [0.4, 0.5) is 17.1 Å². The summed E-state index contributed by atoms with van der Waals surface area (Å²) in [6.07, 6.45) is 12.8. The lowest BCUT2D eigenvalue weighted by molar-refractivity contribution is 0.401. The summed E-state index contributed by atoms with van der Waals surface area (Å²) in [5.74, 6) is 0. The van der Waals surface area contributed by atoms with Crippen molar-refractivity contribution in [3.05, 3.63) is 150 Å². The first-order valence-electron chi connectivity index (χ1n) is 19.7. The van der Waals surface area contributed by atoms with Gasteiger partial charge in [-0.15, -0.1) is 0 Å². The fourth-order valence-corrected chi connectivity index (χ4v) is 9.54. The number of nitrogens with zero attached hydrogens (tertiary/aromatic N) is 1. The van der Waals surface area contributed by atoms with Gasteiger partial charge in [-0.2, -0.15) is 0 Å². The molecule has 8 rings (SSSR count). The minimum Gasteiger partial charge on any atom is -0.310 e. The van der Waals surface area contributed by atoms with Gasteiger partial charge in [0.05, 0.1) is 0 Å². The van der Waals surface area contributed by atoms with Crippen molar-refractivity contribution in [2.45, 2.75) is 103 Å². The monoisotopic (exact) mass is 667 g/mol. The molecule has 0 N–H and O–H groups in total. The molecule has 258 valence electrons. The highest BCUT2D eigenvalue weighted by molar-refractivity contribution is 5.95. The van der Waals surface area contributed by atoms with Crippen LogP contribution in [0.5, 0.6) is 0 Å². The van der Waals surface area contributed by atoms with Gasteiger partial charge in [-0.3, -0.25) is 0 Å². The van der Waals surface area contributed by atoms with Gasteiger partial charge in [0, 0.05) is 27.9 Å². The lowest BCUT2D eigenvalue weighted by Crippen LogP contribution is -2.26. The number of rotatable bonds is 13. The third kappa shape index (κ3) is 5.80. The Kier molecular flexibility index (Phi) is 9.09. The molecule has 0 radical (unpaired) electrons. The lowest BCUT2D eigenvalue weighted by atomic mass is 9.70. The maximum Gasteiger partial charge on any atom is 0.0468 e. The van der Waals surface area contributed by atoms with Crippen LogP contribution in [0.2, 0.25) is 0 Å². The zero-order valence-electron chi connectivity index (χ0n) is 31.1. The Morgan fingerprint density at radius 3 is 1.73 bits per heavy atom. The molecule has 0 heterocycles. The van der Waals surface area contributed by atoms with Gasteiger partial charge in [0.1, 0.15) is 0 Å². The summed E-state index contributed by atoms with van der Waals surface area (Å²) >= 11 is 0. The van der Waals surface area contributed by atoms with Crippen molar-refractivity contribution in [1.82, 2.24) is 0 Å². The predicted molar refractivity (Wildman–Crippen MR) is 220 cm³/mol. The molecule has 2 aliphatic rings. The van der Waals surface area contributed by atoms with Crippen LogP contribution in [0.3, 0.4) is 0 Å². The van der Waals surface area contributed by atoms with Gasteiger partial charge in [-0.05, 0) is 117 Å². The van der Waals surface area contributed by atoms with E-state index >= 15 is 0 Å². The van der Waals surface area contributed by atoms with Gasteiger partial charge in [-0.1, -0.05) is 158 Å². The van der Waals surface area contributed by atoms with Crippen LogP contribution >= 0.6 is 0 Å². The molecule has 0 aromatic heterocycles. The van der Waals surface area contributed by atoms with Gasteiger partial charge >= 0.3 is 0 Å². The molecule has 0 saturated carbocycles. The fourth-order valence-electron chi connectivity index (χ4n) is 9.54. The molecular weight excluding hydrogens is 615 g/mol. The molecule has 1 heteroatoms. The summed E-state index contributed by atoms with van der Waals surface area (Å²) in [5.41, 5.74) is 15.2. The Morgan fingerprint density at radius 1 is 0.412 bits per heavy atom. The van der Waals surface area contributed by atoms with Crippen LogP contribution in [0.25, 0.3) is 33.0 Å². The lowest BCUT2D eigenvalue weighted by Gasteiger charge is -2.34. The third-order valence-electron chi connectivity index (χ3n) is 12.2. The molecule has 0 aliphatic heterocycles. The summed E-state index contributed by atoms with van der Waals surface area (Å²) in [5, 5.41) is 2.62. The van der Waals surface area contributed by atoms with E-state index in [4.69, 9.17) is 0 Å². The SMILES string of the molecule is CCCCCCC1(CCCCCC)c2ccccc2-c2ccc(N(c3ccccc3)c3ccc4c(c3)-c3cc5ccccc5cc3C4(C)C)cc21. The second kappa shape index (κ2) is 13.8. The summed E-state index contributed by atoms with van der Waals surface area (Å²) in [4.78, 5) is 2.51. The minimum atomic E-state index is -0.0562. The molecule has 51 heavy (non-hydrogen) atoms. The zero-order valence-corrected chi connectivity index (χ0v) is 31.1. The number of benzene rings is 6. The van der Waals surface area contributed by atoms with Crippen molar-refractivity contribution in [3.63, 3.8) is 0 Å². The van der Waals surface area contributed by atoms with Crippen molar-refractivity contribution in [3.8, 4) is 22.3 Å². The number of hydrogen-bond acceptors (Lipinski definition) is 1. The van der Waals surface area contributed by atoms with E-state index in [-0.39, 0.29) is 10.8 Å². The van der Waals surface area contributed by atoms with Crippen molar-refractivity contribution >= 4 is 27.8 Å². The van der Waals surface area contributed by atoms with E-state index in [1.165, 1.54) is 131 Å². The number of anilines is 3. The molecule has 0 amide bonds. The smallest absolute Gasteiger partial charge is 0.0468 e. The standard InChI is InChI=1S/C50H53N/c1-5-7-9-18-30-50(31-19-10-8-6-2)46-25-17-16-24-41(46)42-28-26-40(35-48(42)50)51(38-22-12-11-13-23-38)39-27-29-45-44(34-39)43-32-36-20-14-15-21-37(36)33-47(43)49(45,3)4/h11-17,20-29,32-35H,5-10,18-19,30-31H2,1-4H3.